The fourth-order valence-corrected chi connectivity index (χ4v) is 9.31. The van der Waals surface area contributed by atoms with Crippen molar-refractivity contribution in [2.45, 2.75) is 187 Å². The molecule has 0 unspecified atom stereocenters. The molecule has 0 saturated heterocycles. The zero-order chi connectivity index (χ0) is 43.1. The van der Waals surface area contributed by atoms with Gasteiger partial charge in [-0.05, 0) is 159 Å². The van der Waals surface area contributed by atoms with E-state index in [0.29, 0.717) is 23.7 Å². The highest BCUT2D eigenvalue weighted by Crippen LogP contribution is 2.37. The molecule has 326 valence electrons. The first kappa shape index (κ1) is 47.9. The Morgan fingerprint density at radius 1 is 0.410 bits per heavy atom. The molecule has 0 atom stereocenters. The number of aryl methyl sites for hydroxylation is 4. The molecule has 0 aliphatic heterocycles. The third-order valence-corrected chi connectivity index (χ3v) is 13.2. The molecule has 0 amide bonds. The highest BCUT2D eigenvalue weighted by molar-refractivity contribution is 5.39. The molecule has 61 heavy (non-hydrogen) atoms. The van der Waals surface area contributed by atoms with Crippen LogP contribution >= 0.6 is 0 Å². The second kappa shape index (κ2) is 27.0. The Hall–Kier alpha value is -4.14. The van der Waals surface area contributed by atoms with Gasteiger partial charge in [0.15, 0.2) is 0 Å². The van der Waals surface area contributed by atoms with Crippen LogP contribution in [0.15, 0.2) is 84.9 Å². The highest BCUT2D eigenvalue weighted by Gasteiger charge is 2.22. The van der Waals surface area contributed by atoms with Gasteiger partial charge in [0.05, 0.1) is 0 Å². The summed E-state index contributed by atoms with van der Waals surface area (Å²) in [6.45, 7) is 8.69. The van der Waals surface area contributed by atoms with Gasteiger partial charge in [-0.1, -0.05) is 170 Å². The third kappa shape index (κ3) is 16.6. The maximum Gasteiger partial charge on any atom is 0.127 e. The zero-order valence-corrected chi connectivity index (χ0v) is 38.4. The minimum absolute atomic E-state index is 0.109. The summed E-state index contributed by atoms with van der Waals surface area (Å²) in [5.74, 6) is 15.3. The monoisotopic (exact) mass is 823 g/mol. The predicted octanol–water partition coefficient (Wildman–Crippen LogP) is 16.8. The van der Waals surface area contributed by atoms with Crippen LogP contribution in [0, 0.1) is 47.2 Å². The normalized spacial score (nSPS) is 18.5. The number of rotatable bonds is 17. The molecule has 0 N–H and O–H groups in total. The van der Waals surface area contributed by atoms with Crippen molar-refractivity contribution in [1.82, 2.24) is 0 Å². The van der Waals surface area contributed by atoms with Crippen LogP contribution < -0.4 is 0 Å². The van der Waals surface area contributed by atoms with Crippen LogP contribution in [0.4, 0.5) is 8.78 Å². The molecule has 4 aromatic rings. The van der Waals surface area contributed by atoms with Crippen molar-refractivity contribution in [2.75, 3.05) is 0 Å². The SMILES string of the molecule is CCCCCCCc1ccc(C2CCC(C#Cc3ccc(CCC)c(F)c3)CC2)cc1.CCCCCCc1ccc(C2CCC(C#Cc3ccc(CCC)c(F)c3)CC2)cc1. The summed E-state index contributed by atoms with van der Waals surface area (Å²) < 4.78 is 28.2. The molecule has 0 heterocycles. The fraction of sp³-hybridized carbons (Fsp3) is 0.525. The van der Waals surface area contributed by atoms with Crippen molar-refractivity contribution in [3.8, 4) is 23.7 Å². The van der Waals surface area contributed by atoms with Crippen LogP contribution in [0.25, 0.3) is 0 Å². The Labute approximate surface area is 371 Å². The van der Waals surface area contributed by atoms with E-state index in [0.717, 1.165) is 73.6 Å². The summed E-state index contributed by atoms with van der Waals surface area (Å²) in [7, 11) is 0. The van der Waals surface area contributed by atoms with Gasteiger partial charge in [-0.15, -0.1) is 0 Å². The molecule has 2 aliphatic rings. The van der Waals surface area contributed by atoms with Crippen LogP contribution in [-0.2, 0) is 25.7 Å². The maximum atomic E-state index is 14.1. The van der Waals surface area contributed by atoms with Gasteiger partial charge in [-0.3, -0.25) is 0 Å². The Morgan fingerprint density at radius 3 is 1.15 bits per heavy atom. The Morgan fingerprint density at radius 2 is 0.787 bits per heavy atom. The van der Waals surface area contributed by atoms with Crippen molar-refractivity contribution < 1.29 is 8.78 Å². The predicted molar refractivity (Wildman–Crippen MR) is 257 cm³/mol. The van der Waals surface area contributed by atoms with Crippen molar-refractivity contribution in [3.05, 3.63) is 141 Å². The number of benzene rings is 4. The molecule has 4 aromatic carbocycles. The first-order valence-electron chi connectivity index (χ1n) is 24.7. The lowest BCUT2D eigenvalue weighted by Gasteiger charge is -2.26. The summed E-state index contributed by atoms with van der Waals surface area (Å²) in [4.78, 5) is 0. The van der Waals surface area contributed by atoms with Crippen LogP contribution in [-0.4, -0.2) is 0 Å². The van der Waals surface area contributed by atoms with Gasteiger partial charge in [-0.2, -0.15) is 0 Å². The second-order valence-electron chi connectivity index (χ2n) is 18.2. The number of unbranched alkanes of at least 4 members (excludes halogenated alkanes) is 7. The molecule has 0 aromatic heterocycles. The van der Waals surface area contributed by atoms with E-state index in [4.69, 9.17) is 0 Å². The van der Waals surface area contributed by atoms with E-state index >= 15 is 0 Å². The highest BCUT2D eigenvalue weighted by atomic mass is 19.1. The third-order valence-electron chi connectivity index (χ3n) is 13.2. The molecule has 0 radical (unpaired) electrons. The maximum absolute atomic E-state index is 14.1. The standard InChI is InChI=1S/C30H39F.C29H37F/c1-3-5-6-7-8-10-24-13-18-27(19-14-24)28-20-15-25(16-21-28)11-12-26-17-22-29(9-4-2)30(31)23-26;1-3-5-6-7-9-23-12-17-26(18-13-23)27-19-14-24(15-20-27)10-11-25-16-21-28(8-4-2)29(30)22-25/h13-14,17-19,22-23,25,28H,3-10,15-16,20-21H2,1-2H3;12-13,16-18,21-22,24,27H,3-9,14-15,19-20H2,1-2H3. The summed E-state index contributed by atoms with van der Waals surface area (Å²) in [6, 6.07) is 29.7. The lowest BCUT2D eigenvalue weighted by Crippen LogP contribution is -2.12. The van der Waals surface area contributed by atoms with Crippen molar-refractivity contribution >= 4 is 0 Å². The molecular formula is C59H76F2. The quantitative estimate of drug-likeness (QED) is 0.0735. The zero-order valence-electron chi connectivity index (χ0n) is 38.4. The molecule has 2 saturated carbocycles. The van der Waals surface area contributed by atoms with E-state index in [1.54, 1.807) is 12.1 Å². The minimum Gasteiger partial charge on any atom is -0.207 e. The molecule has 2 fully saturated rings. The van der Waals surface area contributed by atoms with Crippen LogP contribution in [0.3, 0.4) is 0 Å². The average molecular weight is 823 g/mol. The first-order chi connectivity index (χ1) is 29.9. The van der Waals surface area contributed by atoms with Crippen LogP contribution in [0.2, 0.25) is 0 Å². The smallest absolute Gasteiger partial charge is 0.127 e. The molecule has 6 rings (SSSR count). The largest absolute Gasteiger partial charge is 0.207 e. The first-order valence-corrected chi connectivity index (χ1v) is 24.7. The topological polar surface area (TPSA) is 0 Å². The minimum atomic E-state index is -0.110. The Bertz CT molecular complexity index is 1970. The summed E-state index contributed by atoms with van der Waals surface area (Å²) in [6.07, 6.45) is 27.4. The van der Waals surface area contributed by atoms with E-state index < -0.39 is 0 Å². The number of hydrogen-bond acceptors (Lipinski definition) is 0. The summed E-state index contributed by atoms with van der Waals surface area (Å²) >= 11 is 0. The number of hydrogen-bond donors (Lipinski definition) is 0. The molecule has 0 spiro atoms. The summed E-state index contributed by atoms with van der Waals surface area (Å²) in [5.41, 5.74) is 9.17. The van der Waals surface area contributed by atoms with Crippen LogP contribution in [0.1, 0.15) is 206 Å². The average Bonchev–Trinajstić information content (AvgIpc) is 3.29. The molecule has 2 heteroatoms. The van der Waals surface area contributed by atoms with Crippen molar-refractivity contribution in [2.24, 2.45) is 11.8 Å². The summed E-state index contributed by atoms with van der Waals surface area (Å²) in [5, 5.41) is 0. The Balaban J connectivity index is 0.000000231. The molecular weight excluding hydrogens is 747 g/mol. The van der Waals surface area contributed by atoms with Crippen molar-refractivity contribution in [1.29, 1.82) is 0 Å². The van der Waals surface area contributed by atoms with E-state index in [2.05, 4.69) is 99.9 Å². The van der Waals surface area contributed by atoms with E-state index in [1.807, 2.05) is 24.3 Å². The fourth-order valence-electron chi connectivity index (χ4n) is 9.31. The Kier molecular flexibility index (Phi) is 21.2. The lowest BCUT2D eigenvalue weighted by molar-refractivity contribution is 0.384. The van der Waals surface area contributed by atoms with Crippen LogP contribution in [0.5, 0.6) is 0 Å². The lowest BCUT2D eigenvalue weighted by atomic mass is 9.78. The van der Waals surface area contributed by atoms with Gasteiger partial charge in [0.1, 0.15) is 11.6 Å². The molecule has 2 aliphatic carbocycles. The molecule has 0 bridgehead atoms. The van der Waals surface area contributed by atoms with Gasteiger partial charge in [0.2, 0.25) is 0 Å². The van der Waals surface area contributed by atoms with Gasteiger partial charge in [-0.25, -0.2) is 8.78 Å². The van der Waals surface area contributed by atoms with E-state index in [1.165, 1.54) is 119 Å². The number of halogens is 2. The van der Waals surface area contributed by atoms with Crippen molar-refractivity contribution in [3.63, 3.8) is 0 Å². The van der Waals surface area contributed by atoms with E-state index in [9.17, 15) is 8.78 Å². The van der Waals surface area contributed by atoms with Gasteiger partial charge >= 0.3 is 0 Å². The van der Waals surface area contributed by atoms with Gasteiger partial charge < -0.3 is 0 Å². The second-order valence-corrected chi connectivity index (χ2v) is 18.2. The van der Waals surface area contributed by atoms with E-state index in [-0.39, 0.29) is 11.6 Å². The molecule has 0 nitrogen and oxygen atoms in total. The van der Waals surface area contributed by atoms with Gasteiger partial charge in [0.25, 0.3) is 0 Å². The van der Waals surface area contributed by atoms with Gasteiger partial charge in [0, 0.05) is 23.0 Å².